The topological polar surface area (TPSA) is 38.3 Å². The summed E-state index contributed by atoms with van der Waals surface area (Å²) in [5, 5.41) is 3.42. The van der Waals surface area contributed by atoms with Gasteiger partial charge in [-0.15, -0.1) is 0 Å². The van der Waals surface area contributed by atoms with Crippen molar-refractivity contribution in [2.45, 2.75) is 58.0 Å². The number of carbonyl (C=O) groups excluding carboxylic acids is 1. The van der Waals surface area contributed by atoms with Gasteiger partial charge in [-0.3, -0.25) is 10.1 Å². The molecule has 2 unspecified atom stereocenters. The van der Waals surface area contributed by atoms with E-state index < -0.39 is 5.54 Å². The molecule has 2 atom stereocenters. The Bertz CT molecular complexity index is 226. The summed E-state index contributed by atoms with van der Waals surface area (Å²) in [5.41, 5.74) is -0.564. The minimum absolute atomic E-state index is 0.180. The standard InChI is InChI=1S/C12H23NO2/c1-9-7-5-6-8-10(9)13-12(2,3)11(14)15-4/h9-10,13H,5-8H2,1-4H3. The third-order valence-corrected chi connectivity index (χ3v) is 3.35. The lowest BCUT2D eigenvalue weighted by Gasteiger charge is -2.35. The summed E-state index contributed by atoms with van der Waals surface area (Å²) < 4.78 is 4.79. The number of ether oxygens (including phenoxy) is 1. The zero-order chi connectivity index (χ0) is 11.5. The first-order valence-corrected chi connectivity index (χ1v) is 5.83. The predicted molar refractivity (Wildman–Crippen MR) is 60.7 cm³/mol. The van der Waals surface area contributed by atoms with E-state index >= 15 is 0 Å². The third-order valence-electron chi connectivity index (χ3n) is 3.35. The van der Waals surface area contributed by atoms with Crippen LogP contribution in [0.15, 0.2) is 0 Å². The van der Waals surface area contributed by atoms with E-state index in [2.05, 4.69) is 12.2 Å². The number of rotatable bonds is 3. The number of hydrogen-bond donors (Lipinski definition) is 1. The van der Waals surface area contributed by atoms with Crippen molar-refractivity contribution in [3.05, 3.63) is 0 Å². The van der Waals surface area contributed by atoms with E-state index in [4.69, 9.17) is 4.74 Å². The Kier molecular flexibility index (Phi) is 4.14. The molecule has 1 fully saturated rings. The Morgan fingerprint density at radius 2 is 1.93 bits per heavy atom. The summed E-state index contributed by atoms with van der Waals surface area (Å²) in [4.78, 5) is 11.5. The van der Waals surface area contributed by atoms with E-state index in [1.165, 1.54) is 32.8 Å². The van der Waals surface area contributed by atoms with Gasteiger partial charge in [-0.2, -0.15) is 0 Å². The maximum atomic E-state index is 11.5. The van der Waals surface area contributed by atoms with E-state index in [9.17, 15) is 4.79 Å². The van der Waals surface area contributed by atoms with Crippen LogP contribution in [0.3, 0.4) is 0 Å². The lowest BCUT2D eigenvalue weighted by molar-refractivity contribution is -0.147. The Morgan fingerprint density at radius 3 is 2.47 bits per heavy atom. The monoisotopic (exact) mass is 213 g/mol. The van der Waals surface area contributed by atoms with Crippen molar-refractivity contribution in [3.8, 4) is 0 Å². The highest BCUT2D eigenvalue weighted by Gasteiger charge is 2.33. The first-order chi connectivity index (χ1) is 6.97. The molecule has 0 heterocycles. The Hall–Kier alpha value is -0.570. The van der Waals surface area contributed by atoms with Gasteiger partial charge >= 0.3 is 5.97 Å². The molecule has 0 aromatic carbocycles. The van der Waals surface area contributed by atoms with Gasteiger partial charge in [-0.1, -0.05) is 19.8 Å². The average molecular weight is 213 g/mol. The highest BCUT2D eigenvalue weighted by molar-refractivity contribution is 5.79. The van der Waals surface area contributed by atoms with Crippen molar-refractivity contribution in [1.82, 2.24) is 5.32 Å². The van der Waals surface area contributed by atoms with Crippen LogP contribution in [0.25, 0.3) is 0 Å². The number of hydrogen-bond acceptors (Lipinski definition) is 3. The quantitative estimate of drug-likeness (QED) is 0.730. The second-order valence-electron chi connectivity index (χ2n) is 5.13. The van der Waals surface area contributed by atoms with Gasteiger partial charge in [-0.05, 0) is 32.6 Å². The molecule has 1 rings (SSSR count). The molecule has 1 aliphatic rings. The SMILES string of the molecule is COC(=O)C(C)(C)NC1CCCCC1C. The van der Waals surface area contributed by atoms with E-state index in [1.54, 1.807) is 0 Å². The van der Waals surface area contributed by atoms with Crippen LogP contribution in [-0.4, -0.2) is 24.7 Å². The molecule has 1 aliphatic carbocycles. The normalized spacial score (nSPS) is 27.5. The Labute approximate surface area is 92.6 Å². The maximum Gasteiger partial charge on any atom is 0.325 e. The lowest BCUT2D eigenvalue weighted by atomic mass is 9.84. The van der Waals surface area contributed by atoms with E-state index in [0.717, 1.165) is 0 Å². The summed E-state index contributed by atoms with van der Waals surface area (Å²) in [7, 11) is 1.44. The summed E-state index contributed by atoms with van der Waals surface area (Å²) in [5.74, 6) is 0.475. The van der Waals surface area contributed by atoms with Crippen LogP contribution in [0.1, 0.15) is 46.5 Å². The summed E-state index contributed by atoms with van der Waals surface area (Å²) in [6.07, 6.45) is 5.01. The second-order valence-corrected chi connectivity index (χ2v) is 5.13. The Morgan fingerprint density at radius 1 is 1.33 bits per heavy atom. The zero-order valence-corrected chi connectivity index (χ0v) is 10.3. The molecule has 3 nitrogen and oxygen atoms in total. The van der Waals surface area contributed by atoms with Gasteiger partial charge in [0.05, 0.1) is 7.11 Å². The van der Waals surface area contributed by atoms with Gasteiger partial charge in [0.1, 0.15) is 5.54 Å². The highest BCUT2D eigenvalue weighted by Crippen LogP contribution is 2.25. The van der Waals surface area contributed by atoms with Crippen LogP contribution >= 0.6 is 0 Å². The van der Waals surface area contributed by atoms with Crippen LogP contribution in [0, 0.1) is 5.92 Å². The molecule has 0 radical (unpaired) electrons. The molecular weight excluding hydrogens is 190 g/mol. The van der Waals surface area contributed by atoms with Crippen LogP contribution in [0.5, 0.6) is 0 Å². The number of carbonyl (C=O) groups is 1. The molecule has 1 N–H and O–H groups in total. The molecule has 0 aliphatic heterocycles. The van der Waals surface area contributed by atoms with Crippen LogP contribution < -0.4 is 5.32 Å². The van der Waals surface area contributed by atoms with Crippen LogP contribution in [0.2, 0.25) is 0 Å². The lowest BCUT2D eigenvalue weighted by Crippen LogP contribution is -2.54. The van der Waals surface area contributed by atoms with Crippen molar-refractivity contribution in [2.75, 3.05) is 7.11 Å². The first-order valence-electron chi connectivity index (χ1n) is 5.83. The summed E-state index contributed by atoms with van der Waals surface area (Å²) in [6, 6.07) is 0.452. The highest BCUT2D eigenvalue weighted by atomic mass is 16.5. The van der Waals surface area contributed by atoms with Crippen molar-refractivity contribution >= 4 is 5.97 Å². The molecule has 15 heavy (non-hydrogen) atoms. The fraction of sp³-hybridized carbons (Fsp3) is 0.917. The van der Waals surface area contributed by atoms with E-state index in [0.29, 0.717) is 12.0 Å². The molecule has 1 saturated carbocycles. The molecule has 0 amide bonds. The molecule has 0 bridgehead atoms. The smallest absolute Gasteiger partial charge is 0.325 e. The van der Waals surface area contributed by atoms with Gasteiger partial charge in [0, 0.05) is 6.04 Å². The van der Waals surface area contributed by atoms with E-state index in [1.807, 2.05) is 13.8 Å². The fourth-order valence-corrected chi connectivity index (χ4v) is 2.31. The molecular formula is C12H23NO2. The molecule has 3 heteroatoms. The molecule has 0 aromatic heterocycles. The van der Waals surface area contributed by atoms with E-state index in [-0.39, 0.29) is 5.97 Å². The van der Waals surface area contributed by atoms with Crippen LogP contribution in [-0.2, 0) is 9.53 Å². The van der Waals surface area contributed by atoms with Gasteiger partial charge in [0.15, 0.2) is 0 Å². The Balaban J connectivity index is 2.55. The average Bonchev–Trinajstić information content (AvgIpc) is 2.20. The minimum atomic E-state index is -0.564. The molecule has 0 saturated heterocycles. The van der Waals surface area contributed by atoms with Crippen LogP contribution in [0.4, 0.5) is 0 Å². The number of nitrogens with one attached hydrogen (secondary N) is 1. The van der Waals surface area contributed by atoms with Gasteiger partial charge in [0.25, 0.3) is 0 Å². The van der Waals surface area contributed by atoms with Crippen molar-refractivity contribution in [2.24, 2.45) is 5.92 Å². The van der Waals surface area contributed by atoms with Gasteiger partial charge in [0.2, 0.25) is 0 Å². The molecule has 88 valence electrons. The minimum Gasteiger partial charge on any atom is -0.468 e. The van der Waals surface area contributed by atoms with Crippen molar-refractivity contribution < 1.29 is 9.53 Å². The summed E-state index contributed by atoms with van der Waals surface area (Å²) >= 11 is 0. The zero-order valence-electron chi connectivity index (χ0n) is 10.3. The van der Waals surface area contributed by atoms with Crippen molar-refractivity contribution in [1.29, 1.82) is 0 Å². The molecule has 0 aromatic rings. The maximum absolute atomic E-state index is 11.5. The summed E-state index contributed by atoms with van der Waals surface area (Å²) in [6.45, 7) is 6.03. The third kappa shape index (κ3) is 3.20. The largest absolute Gasteiger partial charge is 0.468 e. The number of esters is 1. The van der Waals surface area contributed by atoms with Gasteiger partial charge < -0.3 is 4.74 Å². The van der Waals surface area contributed by atoms with Crippen molar-refractivity contribution in [3.63, 3.8) is 0 Å². The second kappa shape index (κ2) is 4.97. The predicted octanol–water partition coefficient (Wildman–Crippen LogP) is 2.11. The number of methoxy groups -OCH3 is 1. The fourth-order valence-electron chi connectivity index (χ4n) is 2.31. The first kappa shape index (κ1) is 12.5. The molecule has 0 spiro atoms. The van der Waals surface area contributed by atoms with Gasteiger partial charge in [-0.25, -0.2) is 0 Å².